The number of hydrogen-bond donors (Lipinski definition) is 2. The summed E-state index contributed by atoms with van der Waals surface area (Å²) >= 11 is 0. The number of nitrogens with two attached hydrogens (primary N) is 1. The summed E-state index contributed by atoms with van der Waals surface area (Å²) in [6.07, 6.45) is -4.54. The van der Waals surface area contributed by atoms with Gasteiger partial charge in [-0.05, 0) is 18.2 Å². The van der Waals surface area contributed by atoms with Crippen LogP contribution in [0.5, 0.6) is 0 Å². The van der Waals surface area contributed by atoms with Crippen LogP contribution in [0.2, 0.25) is 0 Å². The minimum absolute atomic E-state index is 0.0800. The van der Waals surface area contributed by atoms with Gasteiger partial charge in [-0.25, -0.2) is 0 Å². The summed E-state index contributed by atoms with van der Waals surface area (Å²) in [6, 6.07) is 3.30. The number of nitrogens with one attached hydrogen (secondary N) is 1. The molecule has 0 bridgehead atoms. The summed E-state index contributed by atoms with van der Waals surface area (Å²) in [4.78, 5) is 11.7. The average molecular weight is 260 g/mol. The van der Waals surface area contributed by atoms with Crippen molar-refractivity contribution < 1.29 is 18.0 Å². The Hall–Kier alpha value is -1.72. The van der Waals surface area contributed by atoms with E-state index in [1.807, 2.05) is 0 Å². The number of alkyl halides is 3. The van der Waals surface area contributed by atoms with Crippen LogP contribution < -0.4 is 11.1 Å². The highest BCUT2D eigenvalue weighted by molar-refractivity contribution is 5.94. The molecule has 1 rings (SSSR count). The fraction of sp³-hybridized carbons (Fsp3) is 0.417. The first-order valence-corrected chi connectivity index (χ1v) is 5.30. The Morgan fingerprint density at radius 2 is 1.78 bits per heavy atom. The van der Waals surface area contributed by atoms with Crippen LogP contribution in [0.4, 0.5) is 24.5 Å². The molecule has 0 atom stereocenters. The molecule has 3 N–H and O–H groups in total. The largest absolute Gasteiger partial charge is 0.418 e. The van der Waals surface area contributed by atoms with Crippen molar-refractivity contribution in [2.24, 2.45) is 5.41 Å². The van der Waals surface area contributed by atoms with E-state index in [-0.39, 0.29) is 17.3 Å². The van der Waals surface area contributed by atoms with Crippen molar-refractivity contribution in [2.75, 3.05) is 11.1 Å². The SMILES string of the molecule is CC(C)(C)C(=O)Nc1ccc(N)c(C(F)(F)F)c1. The van der Waals surface area contributed by atoms with E-state index in [0.29, 0.717) is 0 Å². The maximum atomic E-state index is 12.6. The number of anilines is 2. The molecule has 0 saturated heterocycles. The van der Waals surface area contributed by atoms with Crippen LogP contribution in [0.3, 0.4) is 0 Å². The minimum atomic E-state index is -4.54. The van der Waals surface area contributed by atoms with Gasteiger partial charge in [-0.2, -0.15) is 13.2 Å². The minimum Gasteiger partial charge on any atom is -0.398 e. The van der Waals surface area contributed by atoms with Crippen molar-refractivity contribution in [3.63, 3.8) is 0 Å². The van der Waals surface area contributed by atoms with E-state index in [2.05, 4.69) is 5.32 Å². The number of halogens is 3. The van der Waals surface area contributed by atoms with Crippen molar-refractivity contribution in [3.05, 3.63) is 23.8 Å². The molecule has 3 nitrogen and oxygen atoms in total. The topological polar surface area (TPSA) is 55.1 Å². The molecule has 1 aromatic rings. The van der Waals surface area contributed by atoms with E-state index in [4.69, 9.17) is 5.73 Å². The highest BCUT2D eigenvalue weighted by Crippen LogP contribution is 2.35. The van der Waals surface area contributed by atoms with Crippen LogP contribution in [0.25, 0.3) is 0 Å². The Labute approximate surface area is 103 Å². The lowest BCUT2D eigenvalue weighted by atomic mass is 9.95. The van der Waals surface area contributed by atoms with Gasteiger partial charge in [0.1, 0.15) is 0 Å². The number of nitrogen functional groups attached to an aromatic ring is 1. The first-order valence-electron chi connectivity index (χ1n) is 5.30. The van der Waals surface area contributed by atoms with Crippen LogP contribution in [0, 0.1) is 5.41 Å². The Kier molecular flexibility index (Phi) is 3.59. The first-order chi connectivity index (χ1) is 8.01. The van der Waals surface area contributed by atoms with Gasteiger partial charge in [-0.3, -0.25) is 4.79 Å². The third-order valence-electron chi connectivity index (χ3n) is 2.30. The van der Waals surface area contributed by atoms with E-state index in [9.17, 15) is 18.0 Å². The molecule has 0 saturated carbocycles. The molecule has 0 aliphatic heterocycles. The van der Waals surface area contributed by atoms with Crippen LogP contribution >= 0.6 is 0 Å². The van der Waals surface area contributed by atoms with Gasteiger partial charge in [0.05, 0.1) is 5.56 Å². The van der Waals surface area contributed by atoms with Crippen molar-refractivity contribution in [3.8, 4) is 0 Å². The molecule has 0 aromatic heterocycles. The smallest absolute Gasteiger partial charge is 0.398 e. The predicted octanol–water partition coefficient (Wildman–Crippen LogP) is 3.27. The zero-order valence-electron chi connectivity index (χ0n) is 10.4. The van der Waals surface area contributed by atoms with Crippen LogP contribution in [0.1, 0.15) is 26.3 Å². The molecule has 100 valence electrons. The fourth-order valence-electron chi connectivity index (χ4n) is 1.20. The average Bonchev–Trinajstić information content (AvgIpc) is 2.17. The first kappa shape index (κ1) is 14.3. The normalized spacial score (nSPS) is 12.3. The predicted molar refractivity (Wildman–Crippen MR) is 63.9 cm³/mol. The number of benzene rings is 1. The molecule has 0 fully saturated rings. The molecule has 0 unspecified atom stereocenters. The second kappa shape index (κ2) is 4.51. The fourth-order valence-corrected chi connectivity index (χ4v) is 1.20. The molecule has 0 heterocycles. The Balaban J connectivity index is 3.04. The third kappa shape index (κ3) is 3.38. The van der Waals surface area contributed by atoms with Gasteiger partial charge in [0, 0.05) is 16.8 Å². The number of rotatable bonds is 1. The quantitative estimate of drug-likeness (QED) is 0.761. The summed E-state index contributed by atoms with van der Waals surface area (Å²) < 4.78 is 37.8. The number of amides is 1. The molecule has 0 spiro atoms. The Morgan fingerprint density at radius 3 is 2.22 bits per heavy atom. The van der Waals surface area contributed by atoms with E-state index in [0.717, 1.165) is 12.1 Å². The zero-order chi connectivity index (χ0) is 14.1. The molecular weight excluding hydrogens is 245 g/mol. The van der Waals surface area contributed by atoms with Gasteiger partial charge in [0.15, 0.2) is 0 Å². The summed E-state index contributed by atoms with van der Waals surface area (Å²) in [5.74, 6) is -0.361. The molecule has 1 aromatic carbocycles. The maximum Gasteiger partial charge on any atom is 0.418 e. The van der Waals surface area contributed by atoms with Gasteiger partial charge < -0.3 is 11.1 Å². The van der Waals surface area contributed by atoms with Crippen molar-refractivity contribution in [1.29, 1.82) is 0 Å². The van der Waals surface area contributed by atoms with Crippen LogP contribution in [-0.4, -0.2) is 5.91 Å². The summed E-state index contributed by atoms with van der Waals surface area (Å²) in [6.45, 7) is 5.01. The molecule has 0 aliphatic carbocycles. The summed E-state index contributed by atoms with van der Waals surface area (Å²) in [5, 5.41) is 2.43. The van der Waals surface area contributed by atoms with Gasteiger partial charge in [0.25, 0.3) is 0 Å². The van der Waals surface area contributed by atoms with E-state index in [1.54, 1.807) is 20.8 Å². The number of hydrogen-bond acceptors (Lipinski definition) is 2. The van der Waals surface area contributed by atoms with E-state index in [1.165, 1.54) is 6.07 Å². The van der Waals surface area contributed by atoms with Crippen molar-refractivity contribution in [1.82, 2.24) is 0 Å². The lowest BCUT2D eigenvalue weighted by Crippen LogP contribution is -2.27. The molecule has 0 aliphatic rings. The number of carbonyl (C=O) groups excluding carboxylic acids is 1. The van der Waals surface area contributed by atoms with Gasteiger partial charge in [0.2, 0.25) is 5.91 Å². The van der Waals surface area contributed by atoms with Crippen LogP contribution in [0.15, 0.2) is 18.2 Å². The standard InChI is InChI=1S/C12H15F3N2O/c1-11(2,3)10(18)17-7-4-5-9(16)8(6-7)12(13,14)15/h4-6H,16H2,1-3H3,(H,17,18). The van der Waals surface area contributed by atoms with Crippen molar-refractivity contribution >= 4 is 17.3 Å². The zero-order valence-corrected chi connectivity index (χ0v) is 10.4. The highest BCUT2D eigenvalue weighted by Gasteiger charge is 2.33. The second-order valence-corrected chi connectivity index (χ2v) is 5.00. The highest BCUT2D eigenvalue weighted by atomic mass is 19.4. The summed E-state index contributed by atoms with van der Waals surface area (Å²) in [7, 11) is 0. The second-order valence-electron chi connectivity index (χ2n) is 5.00. The van der Waals surface area contributed by atoms with Crippen molar-refractivity contribution in [2.45, 2.75) is 26.9 Å². The Morgan fingerprint density at radius 1 is 1.22 bits per heavy atom. The molecule has 18 heavy (non-hydrogen) atoms. The lowest BCUT2D eigenvalue weighted by molar-refractivity contribution is -0.137. The Bertz CT molecular complexity index is 461. The van der Waals surface area contributed by atoms with E-state index < -0.39 is 17.2 Å². The monoisotopic (exact) mass is 260 g/mol. The van der Waals surface area contributed by atoms with Gasteiger partial charge in [-0.15, -0.1) is 0 Å². The maximum absolute atomic E-state index is 12.6. The molecule has 0 radical (unpaired) electrons. The third-order valence-corrected chi connectivity index (χ3v) is 2.30. The van der Waals surface area contributed by atoms with Crippen LogP contribution in [-0.2, 0) is 11.0 Å². The number of carbonyl (C=O) groups is 1. The van der Waals surface area contributed by atoms with Gasteiger partial charge >= 0.3 is 6.18 Å². The molecular formula is C12H15F3N2O. The van der Waals surface area contributed by atoms with Gasteiger partial charge in [-0.1, -0.05) is 20.8 Å². The lowest BCUT2D eigenvalue weighted by Gasteiger charge is -2.18. The molecule has 1 amide bonds. The van der Waals surface area contributed by atoms with E-state index >= 15 is 0 Å². The summed E-state index contributed by atoms with van der Waals surface area (Å²) in [5.41, 5.74) is 3.34. The molecule has 6 heteroatoms.